The molecule has 1 fully saturated rings. The number of methoxy groups -OCH3 is 1. The molecule has 1 heterocycles. The number of benzene rings is 1. The first-order valence-electron chi connectivity index (χ1n) is 6.53. The maximum absolute atomic E-state index is 12.4. The Bertz CT molecular complexity index is 423. The first-order valence-corrected chi connectivity index (χ1v) is 6.53. The topological polar surface area (TPSA) is 50.8 Å². The Morgan fingerprint density at radius 3 is 2.65 bits per heavy atom. The molecule has 0 aromatic heterocycles. The molecular weight excluding hydrogens is 280 g/mol. The molecule has 0 radical (unpaired) electrons. The number of piperazine rings is 1. The molecule has 1 saturated heterocycles. The monoisotopic (exact) mass is 300 g/mol. The molecule has 2 rings (SSSR count). The van der Waals surface area contributed by atoms with Crippen LogP contribution in [0.5, 0.6) is 5.75 Å². The highest BCUT2D eigenvalue weighted by molar-refractivity contribution is 5.97. The van der Waals surface area contributed by atoms with Gasteiger partial charge in [0.2, 0.25) is 0 Å². The maximum Gasteiger partial charge on any atom is 0.257 e. The maximum atomic E-state index is 12.4. The standard InChI is InChI=1S/C14H20N2O3.ClH/c1-18-10-11-19-13-5-3-2-4-12(13)14(17)16-8-6-15-7-9-16;/h2-5,15H,6-11H2,1H3;1H. The van der Waals surface area contributed by atoms with Crippen LogP contribution in [0.15, 0.2) is 24.3 Å². The number of hydrogen-bond acceptors (Lipinski definition) is 4. The number of nitrogens with one attached hydrogen (secondary N) is 1. The number of ether oxygens (including phenoxy) is 2. The molecule has 0 bridgehead atoms. The largest absolute Gasteiger partial charge is 0.490 e. The quantitative estimate of drug-likeness (QED) is 0.830. The zero-order valence-electron chi connectivity index (χ0n) is 11.6. The zero-order valence-corrected chi connectivity index (χ0v) is 12.4. The van der Waals surface area contributed by atoms with Gasteiger partial charge in [-0.15, -0.1) is 12.4 Å². The van der Waals surface area contributed by atoms with E-state index in [1.165, 1.54) is 0 Å². The third-order valence-corrected chi connectivity index (χ3v) is 3.07. The lowest BCUT2D eigenvalue weighted by atomic mass is 10.1. The van der Waals surface area contributed by atoms with Gasteiger partial charge in [0, 0.05) is 33.3 Å². The van der Waals surface area contributed by atoms with E-state index in [2.05, 4.69) is 5.32 Å². The fraction of sp³-hybridized carbons (Fsp3) is 0.500. The summed E-state index contributed by atoms with van der Waals surface area (Å²) in [6.07, 6.45) is 0. The molecule has 1 aromatic rings. The molecule has 5 nitrogen and oxygen atoms in total. The van der Waals surface area contributed by atoms with Crippen molar-refractivity contribution in [1.29, 1.82) is 0 Å². The molecule has 0 saturated carbocycles. The van der Waals surface area contributed by atoms with Crippen LogP contribution in [0.2, 0.25) is 0 Å². The Kier molecular flexibility index (Phi) is 7.36. The molecule has 0 unspecified atom stereocenters. The fourth-order valence-electron chi connectivity index (χ4n) is 2.04. The molecule has 20 heavy (non-hydrogen) atoms. The van der Waals surface area contributed by atoms with E-state index in [9.17, 15) is 4.79 Å². The summed E-state index contributed by atoms with van der Waals surface area (Å²) in [5, 5.41) is 3.24. The first-order chi connectivity index (χ1) is 9.33. The third kappa shape index (κ3) is 4.37. The normalized spacial score (nSPS) is 14.6. The molecule has 112 valence electrons. The van der Waals surface area contributed by atoms with E-state index in [0.717, 1.165) is 26.2 Å². The number of carbonyl (C=O) groups excluding carboxylic acids is 1. The second-order valence-corrected chi connectivity index (χ2v) is 4.38. The minimum atomic E-state index is 0. The van der Waals surface area contributed by atoms with Gasteiger partial charge < -0.3 is 19.7 Å². The van der Waals surface area contributed by atoms with E-state index in [-0.39, 0.29) is 18.3 Å². The number of hydrogen-bond donors (Lipinski definition) is 1. The van der Waals surface area contributed by atoms with E-state index < -0.39 is 0 Å². The van der Waals surface area contributed by atoms with Crippen molar-refractivity contribution in [3.63, 3.8) is 0 Å². The Balaban J connectivity index is 0.00000200. The Hall–Kier alpha value is -1.30. The predicted molar refractivity (Wildman–Crippen MR) is 79.8 cm³/mol. The number of para-hydroxylation sites is 1. The predicted octanol–water partition coefficient (Wildman–Crippen LogP) is 1.18. The number of halogens is 1. The first kappa shape index (κ1) is 16.8. The Labute approximate surface area is 125 Å². The van der Waals surface area contributed by atoms with Gasteiger partial charge in [0.1, 0.15) is 12.4 Å². The zero-order chi connectivity index (χ0) is 13.5. The minimum absolute atomic E-state index is 0. The fourth-order valence-corrected chi connectivity index (χ4v) is 2.04. The van der Waals surface area contributed by atoms with Gasteiger partial charge in [-0.25, -0.2) is 0 Å². The highest BCUT2D eigenvalue weighted by Crippen LogP contribution is 2.20. The SMILES string of the molecule is COCCOc1ccccc1C(=O)N1CCNCC1.Cl. The smallest absolute Gasteiger partial charge is 0.257 e. The molecule has 1 N–H and O–H groups in total. The molecule has 1 aromatic carbocycles. The average molecular weight is 301 g/mol. The third-order valence-electron chi connectivity index (χ3n) is 3.07. The van der Waals surface area contributed by atoms with Crippen LogP contribution in [0, 0.1) is 0 Å². The van der Waals surface area contributed by atoms with Gasteiger partial charge >= 0.3 is 0 Å². The minimum Gasteiger partial charge on any atom is -0.490 e. The highest BCUT2D eigenvalue weighted by Gasteiger charge is 2.20. The van der Waals surface area contributed by atoms with E-state index in [4.69, 9.17) is 9.47 Å². The number of nitrogens with zero attached hydrogens (tertiary/aromatic N) is 1. The van der Waals surface area contributed by atoms with Crippen molar-refractivity contribution in [2.75, 3.05) is 46.5 Å². The van der Waals surface area contributed by atoms with Gasteiger partial charge in [0.15, 0.2) is 0 Å². The van der Waals surface area contributed by atoms with Crippen LogP contribution in [0.1, 0.15) is 10.4 Å². The Morgan fingerprint density at radius 2 is 1.95 bits per heavy atom. The van der Waals surface area contributed by atoms with Crippen molar-refractivity contribution in [3.8, 4) is 5.75 Å². The van der Waals surface area contributed by atoms with Crippen molar-refractivity contribution < 1.29 is 14.3 Å². The highest BCUT2D eigenvalue weighted by atomic mass is 35.5. The van der Waals surface area contributed by atoms with Crippen molar-refractivity contribution in [2.24, 2.45) is 0 Å². The van der Waals surface area contributed by atoms with E-state index in [1.807, 2.05) is 29.2 Å². The van der Waals surface area contributed by atoms with Gasteiger partial charge in [-0.1, -0.05) is 12.1 Å². The molecule has 6 heteroatoms. The molecular formula is C14H21ClN2O3. The lowest BCUT2D eigenvalue weighted by molar-refractivity contribution is 0.0729. The van der Waals surface area contributed by atoms with Crippen molar-refractivity contribution in [1.82, 2.24) is 10.2 Å². The average Bonchev–Trinajstić information content (AvgIpc) is 2.48. The van der Waals surface area contributed by atoms with Crippen molar-refractivity contribution >= 4 is 18.3 Å². The summed E-state index contributed by atoms with van der Waals surface area (Å²) < 4.78 is 10.6. The summed E-state index contributed by atoms with van der Waals surface area (Å²) >= 11 is 0. The summed E-state index contributed by atoms with van der Waals surface area (Å²) in [5.41, 5.74) is 0.625. The summed E-state index contributed by atoms with van der Waals surface area (Å²) in [5.74, 6) is 0.664. The molecule has 0 atom stereocenters. The van der Waals surface area contributed by atoms with E-state index in [0.29, 0.717) is 24.5 Å². The Morgan fingerprint density at radius 1 is 1.25 bits per heavy atom. The molecule has 1 aliphatic rings. The lowest BCUT2D eigenvalue weighted by Gasteiger charge is -2.28. The van der Waals surface area contributed by atoms with Crippen LogP contribution >= 0.6 is 12.4 Å². The van der Waals surface area contributed by atoms with Gasteiger partial charge in [0.25, 0.3) is 5.91 Å². The second kappa shape index (κ2) is 8.79. The summed E-state index contributed by atoms with van der Waals surface area (Å²) in [7, 11) is 1.63. The number of rotatable bonds is 5. The molecule has 1 aliphatic heterocycles. The van der Waals surface area contributed by atoms with E-state index in [1.54, 1.807) is 7.11 Å². The number of amides is 1. The van der Waals surface area contributed by atoms with Crippen molar-refractivity contribution in [2.45, 2.75) is 0 Å². The molecule has 1 amide bonds. The van der Waals surface area contributed by atoms with Crippen LogP contribution in [-0.2, 0) is 4.74 Å². The van der Waals surface area contributed by atoms with Gasteiger partial charge in [-0.3, -0.25) is 4.79 Å². The molecule has 0 spiro atoms. The molecule has 0 aliphatic carbocycles. The van der Waals surface area contributed by atoms with Gasteiger partial charge in [-0.05, 0) is 12.1 Å². The van der Waals surface area contributed by atoms with Crippen LogP contribution in [0.4, 0.5) is 0 Å². The summed E-state index contributed by atoms with van der Waals surface area (Å²) in [6, 6.07) is 7.37. The summed E-state index contributed by atoms with van der Waals surface area (Å²) in [6.45, 7) is 4.13. The lowest BCUT2D eigenvalue weighted by Crippen LogP contribution is -2.46. The van der Waals surface area contributed by atoms with Crippen LogP contribution in [-0.4, -0.2) is 57.3 Å². The van der Waals surface area contributed by atoms with Gasteiger partial charge in [0.05, 0.1) is 12.2 Å². The van der Waals surface area contributed by atoms with Crippen LogP contribution in [0.25, 0.3) is 0 Å². The van der Waals surface area contributed by atoms with E-state index >= 15 is 0 Å². The number of carbonyl (C=O) groups is 1. The van der Waals surface area contributed by atoms with Crippen LogP contribution in [0.3, 0.4) is 0 Å². The van der Waals surface area contributed by atoms with Gasteiger partial charge in [-0.2, -0.15) is 0 Å². The second-order valence-electron chi connectivity index (χ2n) is 4.38. The van der Waals surface area contributed by atoms with Crippen LogP contribution < -0.4 is 10.1 Å². The summed E-state index contributed by atoms with van der Waals surface area (Å²) in [4.78, 5) is 14.3. The van der Waals surface area contributed by atoms with Crippen molar-refractivity contribution in [3.05, 3.63) is 29.8 Å².